The van der Waals surface area contributed by atoms with Crippen LogP contribution < -0.4 is 10.5 Å². The van der Waals surface area contributed by atoms with Gasteiger partial charge in [0.05, 0.1) is 11.4 Å². The smallest absolute Gasteiger partial charge is 0.270 e. The maximum atomic E-state index is 13.5. The van der Waals surface area contributed by atoms with E-state index in [9.17, 15) is 19.2 Å². The molecule has 0 unspecified atom stereocenters. The van der Waals surface area contributed by atoms with Crippen LogP contribution >= 0.6 is 24.0 Å². The molecule has 0 spiro atoms. The van der Waals surface area contributed by atoms with E-state index in [1.165, 1.54) is 28.8 Å². The van der Waals surface area contributed by atoms with Crippen molar-refractivity contribution in [3.05, 3.63) is 67.6 Å². The molecule has 4 rings (SSSR count). The van der Waals surface area contributed by atoms with E-state index in [0.29, 0.717) is 21.3 Å². The van der Waals surface area contributed by atoms with Gasteiger partial charge in [0, 0.05) is 25.2 Å². The molecule has 0 saturated carbocycles. The van der Waals surface area contributed by atoms with Crippen molar-refractivity contribution >= 4 is 46.1 Å². The minimum Gasteiger partial charge on any atom is -0.357 e. The number of nitriles is 1. The molecule has 194 valence electrons. The second kappa shape index (κ2) is 12.1. The third-order valence-electron chi connectivity index (χ3n) is 6.89. The van der Waals surface area contributed by atoms with Crippen LogP contribution in [0.4, 0.5) is 10.2 Å². The molecule has 2 saturated heterocycles. The highest BCUT2D eigenvalue weighted by atomic mass is 32.2. The van der Waals surface area contributed by atoms with Gasteiger partial charge in [-0.05, 0) is 55.5 Å². The van der Waals surface area contributed by atoms with Crippen LogP contribution in [0.15, 0.2) is 34.0 Å². The first-order valence-corrected chi connectivity index (χ1v) is 14.0. The van der Waals surface area contributed by atoms with Crippen molar-refractivity contribution in [3.8, 4) is 6.07 Å². The Morgan fingerprint density at radius 2 is 1.81 bits per heavy atom. The van der Waals surface area contributed by atoms with Gasteiger partial charge in [-0.25, -0.2) is 4.39 Å². The first kappa shape index (κ1) is 27.1. The zero-order chi connectivity index (χ0) is 26.5. The average molecular weight is 539 g/mol. The third-order valence-corrected chi connectivity index (χ3v) is 8.27. The summed E-state index contributed by atoms with van der Waals surface area (Å²) in [5.74, 6) is 0.225. The lowest BCUT2D eigenvalue weighted by Crippen LogP contribution is -2.35. The molecule has 1 aromatic carbocycles. The number of thiocarbonyl (C=S) groups is 1. The predicted octanol–water partition coefficient (Wildman–Crippen LogP) is 5.75. The minimum atomic E-state index is -0.336. The van der Waals surface area contributed by atoms with Crippen LogP contribution in [0.25, 0.3) is 6.08 Å². The number of halogens is 1. The number of pyridine rings is 1. The lowest BCUT2D eigenvalue weighted by atomic mass is 10.0. The number of nitrogens with zero attached hydrogens (tertiary/aromatic N) is 4. The molecule has 1 amide bonds. The molecule has 2 aromatic rings. The summed E-state index contributed by atoms with van der Waals surface area (Å²) in [6, 6.07) is 8.12. The van der Waals surface area contributed by atoms with Crippen molar-refractivity contribution < 1.29 is 9.18 Å². The fraction of sp³-hybridized carbons (Fsp3) is 0.429. The fourth-order valence-corrected chi connectivity index (χ4v) is 6.07. The van der Waals surface area contributed by atoms with Gasteiger partial charge in [0.1, 0.15) is 27.6 Å². The zero-order valence-corrected chi connectivity index (χ0v) is 22.9. The highest BCUT2D eigenvalue weighted by Crippen LogP contribution is 2.37. The van der Waals surface area contributed by atoms with E-state index in [0.717, 1.165) is 68.6 Å². The third kappa shape index (κ3) is 5.81. The van der Waals surface area contributed by atoms with Crippen LogP contribution in [-0.2, 0) is 17.9 Å². The summed E-state index contributed by atoms with van der Waals surface area (Å²) in [6.07, 6.45) is 7.88. The quantitative estimate of drug-likeness (QED) is 0.330. The van der Waals surface area contributed by atoms with Crippen LogP contribution in [0.1, 0.15) is 67.7 Å². The Morgan fingerprint density at radius 3 is 2.43 bits per heavy atom. The van der Waals surface area contributed by atoms with E-state index >= 15 is 0 Å². The van der Waals surface area contributed by atoms with Crippen molar-refractivity contribution in [2.45, 2.75) is 65.5 Å². The summed E-state index contributed by atoms with van der Waals surface area (Å²) in [6.45, 7) is 6.27. The van der Waals surface area contributed by atoms with Gasteiger partial charge in [0.25, 0.3) is 11.5 Å². The van der Waals surface area contributed by atoms with E-state index in [2.05, 4.69) is 17.9 Å². The molecule has 6 nitrogen and oxygen atoms in total. The van der Waals surface area contributed by atoms with Crippen molar-refractivity contribution in [1.82, 2.24) is 9.47 Å². The number of unbranched alkanes of at least 4 members (excludes halogenated alkanes) is 1. The van der Waals surface area contributed by atoms with Gasteiger partial charge in [0.15, 0.2) is 0 Å². The van der Waals surface area contributed by atoms with Gasteiger partial charge < -0.3 is 4.90 Å². The van der Waals surface area contributed by atoms with E-state index in [-0.39, 0.29) is 29.4 Å². The van der Waals surface area contributed by atoms with Crippen molar-refractivity contribution in [2.75, 3.05) is 18.0 Å². The summed E-state index contributed by atoms with van der Waals surface area (Å²) in [7, 11) is 0. The van der Waals surface area contributed by atoms with E-state index in [1.807, 2.05) is 6.08 Å². The molecule has 0 bridgehead atoms. The highest BCUT2D eigenvalue weighted by molar-refractivity contribution is 8.26. The molecule has 2 aliphatic heterocycles. The summed E-state index contributed by atoms with van der Waals surface area (Å²) < 4.78 is 15.5. The van der Waals surface area contributed by atoms with Crippen LogP contribution in [0.5, 0.6) is 0 Å². The maximum absolute atomic E-state index is 13.5. The second-order valence-corrected chi connectivity index (χ2v) is 11.1. The molecule has 0 radical (unpaired) electrons. The first-order valence-electron chi connectivity index (χ1n) is 12.8. The van der Waals surface area contributed by atoms with E-state index < -0.39 is 0 Å². The average Bonchev–Trinajstić information content (AvgIpc) is 3.05. The molecule has 2 aliphatic rings. The number of amides is 1. The monoisotopic (exact) mass is 538 g/mol. The van der Waals surface area contributed by atoms with Gasteiger partial charge in [-0.15, -0.1) is 0 Å². The summed E-state index contributed by atoms with van der Waals surface area (Å²) in [5.41, 5.74) is 1.94. The Bertz CT molecular complexity index is 1320. The number of benzene rings is 1. The van der Waals surface area contributed by atoms with Crippen molar-refractivity contribution in [3.63, 3.8) is 0 Å². The summed E-state index contributed by atoms with van der Waals surface area (Å²) in [4.78, 5) is 31.1. The Labute approximate surface area is 226 Å². The largest absolute Gasteiger partial charge is 0.357 e. The number of thioether (sulfide) groups is 1. The number of carbonyl (C=O) groups is 1. The first-order chi connectivity index (χ1) is 17.8. The molecule has 37 heavy (non-hydrogen) atoms. The van der Waals surface area contributed by atoms with Gasteiger partial charge in [0.2, 0.25) is 0 Å². The number of rotatable bonds is 7. The zero-order valence-electron chi connectivity index (χ0n) is 21.3. The van der Waals surface area contributed by atoms with Crippen LogP contribution in [0.3, 0.4) is 0 Å². The lowest BCUT2D eigenvalue weighted by Gasteiger charge is -2.29. The van der Waals surface area contributed by atoms with Crippen molar-refractivity contribution in [1.29, 1.82) is 5.26 Å². The van der Waals surface area contributed by atoms with Crippen LogP contribution in [0, 0.1) is 24.1 Å². The SMILES string of the molecule is CCCCn1c(N2CCCCCC2)c(/C=C2\SC(=S)N(Cc3ccc(F)cc3)C2=O)c(C)c(C#N)c1=O. The van der Waals surface area contributed by atoms with Crippen LogP contribution in [0.2, 0.25) is 0 Å². The molecule has 0 aliphatic carbocycles. The molecule has 3 heterocycles. The summed E-state index contributed by atoms with van der Waals surface area (Å²) >= 11 is 6.75. The number of hydrogen-bond donors (Lipinski definition) is 0. The number of aromatic nitrogens is 1. The summed E-state index contributed by atoms with van der Waals surface area (Å²) in [5, 5.41) is 9.87. The Hall–Kier alpha value is -2.96. The standard InChI is InChI=1S/C28H31FN4O2S2/c1-3-4-15-32-25(31-13-7-5-6-8-14-31)22(19(2)23(17-30)26(32)34)16-24-27(35)33(28(36)37-24)18-20-9-11-21(29)12-10-20/h9-12,16H,3-8,13-15,18H2,1-2H3/b24-16-. The van der Waals surface area contributed by atoms with Gasteiger partial charge in [-0.2, -0.15) is 5.26 Å². The maximum Gasteiger partial charge on any atom is 0.270 e. The van der Waals surface area contributed by atoms with Crippen molar-refractivity contribution in [2.24, 2.45) is 0 Å². The number of hydrogen-bond acceptors (Lipinski definition) is 6. The molecule has 9 heteroatoms. The topological polar surface area (TPSA) is 69.3 Å². The molecule has 1 aromatic heterocycles. The molecular formula is C28H31FN4O2S2. The van der Waals surface area contributed by atoms with E-state index in [4.69, 9.17) is 12.2 Å². The molecule has 0 atom stereocenters. The minimum absolute atomic E-state index is 0.114. The van der Waals surface area contributed by atoms with E-state index in [1.54, 1.807) is 23.6 Å². The Morgan fingerprint density at radius 1 is 1.14 bits per heavy atom. The Balaban J connectivity index is 1.81. The highest BCUT2D eigenvalue weighted by Gasteiger charge is 2.33. The van der Waals surface area contributed by atoms with Crippen LogP contribution in [-0.4, -0.2) is 32.8 Å². The molecular weight excluding hydrogens is 507 g/mol. The molecule has 0 N–H and O–H groups in total. The van der Waals surface area contributed by atoms with Gasteiger partial charge in [-0.3, -0.25) is 19.1 Å². The second-order valence-electron chi connectivity index (χ2n) is 9.46. The number of carbonyl (C=O) groups excluding carboxylic acids is 1. The normalized spacial score (nSPS) is 17.4. The molecule has 2 fully saturated rings. The van der Waals surface area contributed by atoms with Gasteiger partial charge in [-0.1, -0.05) is 62.3 Å². The fourth-order valence-electron chi connectivity index (χ4n) is 4.83. The van der Waals surface area contributed by atoms with Gasteiger partial charge >= 0.3 is 0 Å². The predicted molar refractivity (Wildman–Crippen MR) is 151 cm³/mol. The number of anilines is 1. The Kier molecular flexibility index (Phi) is 8.83. The lowest BCUT2D eigenvalue weighted by molar-refractivity contribution is -0.122.